The molecule has 0 atom stereocenters. The van der Waals surface area contributed by atoms with Gasteiger partial charge in [-0.1, -0.05) is 23.7 Å². The Morgan fingerprint density at radius 1 is 1.12 bits per heavy atom. The van der Waals surface area contributed by atoms with Crippen LogP contribution >= 0.6 is 11.6 Å². The largest absolute Gasteiger partial charge is 0.355 e. The van der Waals surface area contributed by atoms with E-state index in [4.69, 9.17) is 11.6 Å². The van der Waals surface area contributed by atoms with E-state index in [1.165, 1.54) is 0 Å². The molecular weight excluding hydrogens is 338 g/mol. The van der Waals surface area contributed by atoms with E-state index in [0.717, 1.165) is 17.5 Å². The standard InChI is InChI=1S/C19H22ClN3O2/c1-23(12-8-15-5-9-21-10-6-15)19(25)14-18(24)22-11-7-16-3-2-4-17(20)13-16/h2-6,9-10,13H,7-8,11-12,14H2,1H3,(H,22,24). The highest BCUT2D eigenvalue weighted by Gasteiger charge is 2.13. The Morgan fingerprint density at radius 2 is 1.88 bits per heavy atom. The summed E-state index contributed by atoms with van der Waals surface area (Å²) in [6.07, 6.45) is 4.73. The van der Waals surface area contributed by atoms with Crippen LogP contribution in [0.3, 0.4) is 0 Å². The molecule has 1 aromatic heterocycles. The number of aromatic nitrogens is 1. The number of carbonyl (C=O) groups excluding carboxylic acids is 2. The van der Waals surface area contributed by atoms with E-state index in [0.29, 0.717) is 24.5 Å². The van der Waals surface area contributed by atoms with Gasteiger partial charge in [-0.05, 0) is 48.2 Å². The molecule has 0 saturated carbocycles. The molecule has 0 spiro atoms. The number of likely N-dealkylation sites (N-methyl/N-ethyl adjacent to an activating group) is 1. The predicted molar refractivity (Wildman–Crippen MR) is 98.4 cm³/mol. The van der Waals surface area contributed by atoms with Gasteiger partial charge in [0.1, 0.15) is 6.42 Å². The minimum absolute atomic E-state index is 0.137. The van der Waals surface area contributed by atoms with Crippen LogP contribution in [0.2, 0.25) is 5.02 Å². The number of hydrogen-bond acceptors (Lipinski definition) is 3. The number of nitrogens with zero attached hydrogens (tertiary/aromatic N) is 2. The summed E-state index contributed by atoms with van der Waals surface area (Å²) < 4.78 is 0. The van der Waals surface area contributed by atoms with Crippen LogP contribution in [-0.4, -0.2) is 41.8 Å². The average molecular weight is 360 g/mol. The zero-order valence-corrected chi connectivity index (χ0v) is 15.0. The molecule has 0 aliphatic carbocycles. The van der Waals surface area contributed by atoms with Crippen molar-refractivity contribution in [3.63, 3.8) is 0 Å². The summed E-state index contributed by atoms with van der Waals surface area (Å²) in [6.45, 7) is 1.05. The van der Waals surface area contributed by atoms with Crippen molar-refractivity contribution in [1.29, 1.82) is 0 Å². The zero-order chi connectivity index (χ0) is 18.1. The van der Waals surface area contributed by atoms with Gasteiger partial charge in [0.15, 0.2) is 0 Å². The van der Waals surface area contributed by atoms with Crippen LogP contribution in [0.15, 0.2) is 48.8 Å². The summed E-state index contributed by atoms with van der Waals surface area (Å²) in [5.74, 6) is -0.447. The van der Waals surface area contributed by atoms with E-state index in [-0.39, 0.29) is 18.2 Å². The number of rotatable bonds is 8. The smallest absolute Gasteiger partial charge is 0.231 e. The fraction of sp³-hybridized carbons (Fsp3) is 0.316. The second-order valence-corrected chi connectivity index (χ2v) is 6.26. The van der Waals surface area contributed by atoms with Crippen LogP contribution in [0.4, 0.5) is 0 Å². The van der Waals surface area contributed by atoms with Crippen molar-refractivity contribution < 1.29 is 9.59 Å². The maximum atomic E-state index is 12.1. The Labute approximate surface area is 153 Å². The number of benzene rings is 1. The number of carbonyl (C=O) groups is 2. The van der Waals surface area contributed by atoms with Gasteiger partial charge in [-0.25, -0.2) is 0 Å². The van der Waals surface area contributed by atoms with Gasteiger partial charge in [0.25, 0.3) is 0 Å². The van der Waals surface area contributed by atoms with Crippen molar-refractivity contribution in [2.24, 2.45) is 0 Å². The molecule has 0 aliphatic rings. The van der Waals surface area contributed by atoms with E-state index in [2.05, 4.69) is 10.3 Å². The van der Waals surface area contributed by atoms with Crippen LogP contribution in [0.1, 0.15) is 17.5 Å². The Balaban J connectivity index is 1.67. The minimum atomic E-state index is -0.261. The summed E-state index contributed by atoms with van der Waals surface area (Å²) in [6, 6.07) is 11.3. The van der Waals surface area contributed by atoms with Crippen LogP contribution in [0.5, 0.6) is 0 Å². The van der Waals surface area contributed by atoms with Crippen molar-refractivity contribution in [2.45, 2.75) is 19.3 Å². The number of pyridine rings is 1. The summed E-state index contributed by atoms with van der Waals surface area (Å²) >= 11 is 5.92. The third kappa shape index (κ3) is 6.93. The zero-order valence-electron chi connectivity index (χ0n) is 14.2. The highest BCUT2D eigenvalue weighted by atomic mass is 35.5. The summed E-state index contributed by atoms with van der Waals surface area (Å²) in [5, 5.41) is 3.45. The van der Waals surface area contributed by atoms with E-state index < -0.39 is 0 Å². The van der Waals surface area contributed by atoms with E-state index in [1.54, 1.807) is 24.3 Å². The topological polar surface area (TPSA) is 62.3 Å². The minimum Gasteiger partial charge on any atom is -0.355 e. The van der Waals surface area contributed by atoms with Crippen molar-refractivity contribution in [2.75, 3.05) is 20.1 Å². The molecule has 6 heteroatoms. The Bertz CT molecular complexity index is 707. The van der Waals surface area contributed by atoms with E-state index in [9.17, 15) is 9.59 Å². The highest BCUT2D eigenvalue weighted by Crippen LogP contribution is 2.10. The average Bonchev–Trinajstić information content (AvgIpc) is 2.60. The molecule has 132 valence electrons. The Morgan fingerprint density at radius 3 is 2.60 bits per heavy atom. The lowest BCUT2D eigenvalue weighted by Crippen LogP contribution is -2.35. The number of hydrogen-bond donors (Lipinski definition) is 1. The molecule has 2 rings (SSSR count). The molecule has 1 aromatic carbocycles. The van der Waals surface area contributed by atoms with Gasteiger partial charge < -0.3 is 10.2 Å². The molecule has 2 aromatic rings. The van der Waals surface area contributed by atoms with Gasteiger partial charge >= 0.3 is 0 Å². The summed E-state index contributed by atoms with van der Waals surface area (Å²) in [7, 11) is 1.71. The van der Waals surface area contributed by atoms with Gasteiger partial charge in [-0.2, -0.15) is 0 Å². The molecule has 0 saturated heterocycles. The molecule has 1 heterocycles. The first-order valence-corrected chi connectivity index (χ1v) is 8.56. The third-order valence-electron chi connectivity index (χ3n) is 3.85. The van der Waals surface area contributed by atoms with Crippen molar-refractivity contribution in [1.82, 2.24) is 15.2 Å². The highest BCUT2D eigenvalue weighted by molar-refractivity contribution is 6.30. The van der Waals surface area contributed by atoms with Gasteiger partial charge in [0, 0.05) is 37.6 Å². The molecule has 0 aliphatic heterocycles. The first kappa shape index (κ1) is 18.9. The number of amides is 2. The molecule has 0 unspecified atom stereocenters. The maximum Gasteiger partial charge on any atom is 0.231 e. The molecule has 2 amide bonds. The second kappa shape index (κ2) is 9.79. The van der Waals surface area contributed by atoms with Crippen LogP contribution < -0.4 is 5.32 Å². The van der Waals surface area contributed by atoms with Crippen LogP contribution in [-0.2, 0) is 22.4 Å². The van der Waals surface area contributed by atoms with Crippen LogP contribution in [0.25, 0.3) is 0 Å². The Kier molecular flexibility index (Phi) is 7.41. The number of nitrogens with one attached hydrogen (secondary N) is 1. The van der Waals surface area contributed by atoms with E-state index >= 15 is 0 Å². The molecule has 25 heavy (non-hydrogen) atoms. The Hall–Kier alpha value is -2.40. The SMILES string of the molecule is CN(CCc1ccncc1)C(=O)CC(=O)NCCc1cccc(Cl)c1. The lowest BCUT2D eigenvalue weighted by molar-refractivity contribution is -0.135. The first-order chi connectivity index (χ1) is 12.0. The molecule has 5 nitrogen and oxygen atoms in total. The molecule has 0 bridgehead atoms. The van der Waals surface area contributed by atoms with Gasteiger partial charge in [-0.15, -0.1) is 0 Å². The van der Waals surface area contributed by atoms with Crippen molar-refractivity contribution in [3.05, 3.63) is 64.9 Å². The number of halogens is 1. The second-order valence-electron chi connectivity index (χ2n) is 5.83. The molecular formula is C19H22ClN3O2. The van der Waals surface area contributed by atoms with Gasteiger partial charge in [0.05, 0.1) is 0 Å². The fourth-order valence-corrected chi connectivity index (χ4v) is 2.56. The maximum absolute atomic E-state index is 12.1. The van der Waals surface area contributed by atoms with Gasteiger partial charge in [0.2, 0.25) is 11.8 Å². The molecule has 1 N–H and O–H groups in total. The molecule has 0 radical (unpaired) electrons. The van der Waals surface area contributed by atoms with Crippen molar-refractivity contribution >= 4 is 23.4 Å². The lowest BCUT2D eigenvalue weighted by atomic mass is 10.1. The molecule has 0 fully saturated rings. The fourth-order valence-electron chi connectivity index (χ4n) is 2.34. The lowest BCUT2D eigenvalue weighted by Gasteiger charge is -2.17. The van der Waals surface area contributed by atoms with Gasteiger partial charge in [-0.3, -0.25) is 14.6 Å². The van der Waals surface area contributed by atoms with Crippen molar-refractivity contribution in [3.8, 4) is 0 Å². The van der Waals surface area contributed by atoms with Crippen LogP contribution in [0, 0.1) is 0 Å². The van der Waals surface area contributed by atoms with E-state index in [1.807, 2.05) is 36.4 Å². The quantitative estimate of drug-likeness (QED) is 0.736. The first-order valence-electron chi connectivity index (χ1n) is 8.18. The summed E-state index contributed by atoms with van der Waals surface area (Å²) in [4.78, 5) is 29.5. The normalized spacial score (nSPS) is 10.3. The predicted octanol–water partition coefficient (Wildman–Crippen LogP) is 2.48. The third-order valence-corrected chi connectivity index (χ3v) is 4.08. The monoisotopic (exact) mass is 359 g/mol. The summed E-state index contributed by atoms with van der Waals surface area (Å²) in [5.41, 5.74) is 2.16.